The molecule has 0 unspecified atom stereocenters. The Morgan fingerprint density at radius 3 is 2.08 bits per heavy atom. The maximum atomic E-state index is 13.4. The van der Waals surface area contributed by atoms with E-state index in [4.69, 9.17) is 0 Å². The van der Waals surface area contributed by atoms with Crippen molar-refractivity contribution in [3.63, 3.8) is 0 Å². The van der Waals surface area contributed by atoms with Crippen LogP contribution in [0.3, 0.4) is 0 Å². The Morgan fingerprint density at radius 2 is 1.44 bits per heavy atom. The Bertz CT molecular complexity index is 1220. The van der Waals surface area contributed by atoms with Gasteiger partial charge in [0.2, 0.25) is 11.8 Å². The predicted octanol–water partition coefficient (Wildman–Crippen LogP) is 7.64. The average Bonchev–Trinajstić information content (AvgIpc) is 2.78. The average molecular weight is 487 g/mol. The van der Waals surface area contributed by atoms with Crippen molar-refractivity contribution in [3.05, 3.63) is 65.2 Å². The highest BCUT2D eigenvalue weighted by Crippen LogP contribution is 2.52. The molecule has 1 atom stereocenters. The molecule has 192 valence electrons. The maximum absolute atomic E-state index is 13.4. The van der Waals surface area contributed by atoms with Crippen LogP contribution in [0, 0.1) is 0 Å². The largest absolute Gasteiger partial charge is 0.307 e. The van der Waals surface area contributed by atoms with E-state index in [0.717, 1.165) is 36.2 Å². The number of hydrogen-bond donors (Lipinski definition) is 0. The van der Waals surface area contributed by atoms with Crippen LogP contribution in [0.15, 0.2) is 48.5 Å². The molecule has 2 amide bonds. The predicted molar refractivity (Wildman–Crippen MR) is 151 cm³/mol. The van der Waals surface area contributed by atoms with E-state index < -0.39 is 5.54 Å². The topological polar surface area (TPSA) is 40.6 Å². The maximum Gasteiger partial charge on any atom is 0.227 e. The Morgan fingerprint density at radius 1 is 0.833 bits per heavy atom. The zero-order valence-electron chi connectivity index (χ0n) is 23.4. The molecule has 0 bridgehead atoms. The highest BCUT2D eigenvalue weighted by molar-refractivity contribution is 6.01. The number of hydrogen-bond acceptors (Lipinski definition) is 2. The summed E-state index contributed by atoms with van der Waals surface area (Å²) in [5.41, 5.74) is 5.62. The normalized spacial score (nSPS) is 21.9. The van der Waals surface area contributed by atoms with Gasteiger partial charge in [0.25, 0.3) is 0 Å². The number of allylic oxidation sites excluding steroid dienone is 1. The Kier molecular flexibility index (Phi) is 6.70. The zero-order valence-corrected chi connectivity index (χ0v) is 23.4. The summed E-state index contributed by atoms with van der Waals surface area (Å²) in [5.74, 6) is 0.344. The molecule has 0 aliphatic carbocycles. The first-order valence-corrected chi connectivity index (χ1v) is 13.5. The van der Waals surface area contributed by atoms with Crippen molar-refractivity contribution in [1.82, 2.24) is 0 Å². The summed E-state index contributed by atoms with van der Waals surface area (Å²) in [7, 11) is 0. The van der Waals surface area contributed by atoms with E-state index in [2.05, 4.69) is 97.9 Å². The van der Waals surface area contributed by atoms with Gasteiger partial charge in [-0.3, -0.25) is 9.59 Å². The molecule has 4 heteroatoms. The highest BCUT2D eigenvalue weighted by atomic mass is 16.2. The summed E-state index contributed by atoms with van der Waals surface area (Å²) in [5, 5.41) is 0. The molecule has 0 fully saturated rings. The van der Waals surface area contributed by atoms with Crippen LogP contribution in [0.2, 0.25) is 0 Å². The van der Waals surface area contributed by atoms with Gasteiger partial charge in [-0.2, -0.15) is 0 Å². The van der Waals surface area contributed by atoms with Gasteiger partial charge in [-0.15, -0.1) is 0 Å². The second-order valence-electron chi connectivity index (χ2n) is 12.0. The first-order chi connectivity index (χ1) is 16.9. The molecular formula is C32H42N2O2. The van der Waals surface area contributed by atoms with Crippen LogP contribution < -0.4 is 9.80 Å². The van der Waals surface area contributed by atoms with E-state index in [1.165, 1.54) is 16.7 Å². The third-order valence-electron chi connectivity index (χ3n) is 8.00. The fraction of sp³-hybridized carbons (Fsp3) is 0.500. The van der Waals surface area contributed by atoms with E-state index >= 15 is 0 Å². The summed E-state index contributed by atoms with van der Waals surface area (Å²) >= 11 is 0. The number of carbonyl (C=O) groups is 2. The molecule has 2 heterocycles. The molecule has 2 aliphatic rings. The lowest BCUT2D eigenvalue weighted by Gasteiger charge is -2.52. The van der Waals surface area contributed by atoms with Crippen molar-refractivity contribution in [2.75, 3.05) is 9.80 Å². The summed E-state index contributed by atoms with van der Waals surface area (Å²) in [6, 6.07) is 15.0. The van der Waals surface area contributed by atoms with Gasteiger partial charge >= 0.3 is 0 Å². The molecule has 4 rings (SSSR count). The van der Waals surface area contributed by atoms with E-state index in [-0.39, 0.29) is 22.8 Å². The standard InChI is InChI=1S/C32H42N2O2/c1-9-13-28(35)33-26-16-12-11-15-25(26)32(8,21-31(33,6)7)23-17-18-24-22(3)20-30(4,5)34(27(24)19-23)29(36)14-10-2/h11-12,15-20H,9-10,13-14,21H2,1-8H3/t32-/m0/s1. The minimum atomic E-state index is -0.393. The third kappa shape index (κ3) is 4.19. The monoisotopic (exact) mass is 486 g/mol. The van der Waals surface area contributed by atoms with Gasteiger partial charge in [0, 0.05) is 35.0 Å². The number of benzene rings is 2. The minimum Gasteiger partial charge on any atom is -0.307 e. The number of rotatable bonds is 5. The Hall–Kier alpha value is -2.88. The van der Waals surface area contributed by atoms with Gasteiger partial charge < -0.3 is 9.80 Å². The van der Waals surface area contributed by atoms with E-state index in [9.17, 15) is 9.59 Å². The molecule has 0 saturated carbocycles. The molecule has 0 saturated heterocycles. The molecule has 0 aromatic heterocycles. The molecular weight excluding hydrogens is 444 g/mol. The first kappa shape index (κ1) is 26.2. The molecule has 2 aromatic carbocycles. The molecule has 2 aromatic rings. The lowest BCUT2D eigenvalue weighted by molar-refractivity contribution is -0.120. The first-order valence-electron chi connectivity index (χ1n) is 13.5. The molecule has 36 heavy (non-hydrogen) atoms. The number of para-hydroxylation sites is 1. The second-order valence-corrected chi connectivity index (χ2v) is 12.0. The summed E-state index contributed by atoms with van der Waals surface area (Å²) in [4.78, 5) is 30.7. The fourth-order valence-corrected chi connectivity index (χ4v) is 6.71. The molecule has 0 N–H and O–H groups in total. The summed E-state index contributed by atoms with van der Waals surface area (Å²) in [6.45, 7) is 17.2. The van der Waals surface area contributed by atoms with Crippen LogP contribution in [0.25, 0.3) is 5.57 Å². The van der Waals surface area contributed by atoms with Crippen LogP contribution in [0.1, 0.15) is 104 Å². The molecule has 4 nitrogen and oxygen atoms in total. The van der Waals surface area contributed by atoms with Crippen molar-refractivity contribution in [3.8, 4) is 0 Å². The van der Waals surface area contributed by atoms with Gasteiger partial charge in [0.15, 0.2) is 0 Å². The van der Waals surface area contributed by atoms with E-state index in [0.29, 0.717) is 12.8 Å². The van der Waals surface area contributed by atoms with Crippen LogP contribution in [-0.2, 0) is 15.0 Å². The smallest absolute Gasteiger partial charge is 0.227 e. The minimum absolute atomic E-state index is 0.163. The van der Waals surface area contributed by atoms with Crippen molar-refractivity contribution < 1.29 is 9.59 Å². The quantitative estimate of drug-likeness (QED) is 0.436. The molecule has 0 radical (unpaired) electrons. The second kappa shape index (κ2) is 9.21. The van der Waals surface area contributed by atoms with Crippen molar-refractivity contribution in [2.24, 2.45) is 0 Å². The third-order valence-corrected chi connectivity index (χ3v) is 8.00. The van der Waals surface area contributed by atoms with E-state index in [1.807, 2.05) is 15.9 Å². The molecule has 0 spiro atoms. The fourth-order valence-electron chi connectivity index (χ4n) is 6.71. The molecule has 2 aliphatic heterocycles. The Labute approximate surface area is 217 Å². The summed E-state index contributed by atoms with van der Waals surface area (Å²) < 4.78 is 0. The van der Waals surface area contributed by atoms with Gasteiger partial charge in [0.1, 0.15) is 0 Å². The van der Waals surface area contributed by atoms with Crippen LogP contribution in [0.5, 0.6) is 0 Å². The van der Waals surface area contributed by atoms with E-state index in [1.54, 1.807) is 0 Å². The number of nitrogens with zero attached hydrogens (tertiary/aromatic N) is 2. The lowest BCUT2D eigenvalue weighted by Crippen LogP contribution is -2.56. The van der Waals surface area contributed by atoms with Crippen molar-refractivity contribution in [1.29, 1.82) is 0 Å². The van der Waals surface area contributed by atoms with Gasteiger partial charge in [-0.1, -0.05) is 57.2 Å². The SMILES string of the molecule is CCCC(=O)N1c2cc([C@]3(C)CC(C)(C)N(C(=O)CCC)c4ccccc43)ccc2C(C)=CC1(C)C. The van der Waals surface area contributed by atoms with Crippen molar-refractivity contribution in [2.45, 2.75) is 104 Å². The number of amides is 2. The van der Waals surface area contributed by atoms with Gasteiger partial charge in [-0.05, 0) is 82.7 Å². The lowest BCUT2D eigenvalue weighted by atomic mass is 9.64. The number of carbonyl (C=O) groups excluding carboxylic acids is 2. The summed E-state index contributed by atoms with van der Waals surface area (Å²) in [6.07, 6.45) is 5.74. The van der Waals surface area contributed by atoms with Crippen LogP contribution in [-0.4, -0.2) is 22.9 Å². The highest BCUT2D eigenvalue weighted by Gasteiger charge is 2.48. The van der Waals surface area contributed by atoms with Gasteiger partial charge in [-0.25, -0.2) is 0 Å². The zero-order chi connectivity index (χ0) is 26.5. The Balaban J connectivity index is 1.91. The number of fused-ring (bicyclic) bond motifs is 2. The van der Waals surface area contributed by atoms with Crippen LogP contribution >= 0.6 is 0 Å². The van der Waals surface area contributed by atoms with Gasteiger partial charge in [0.05, 0.1) is 11.2 Å². The van der Waals surface area contributed by atoms with Crippen LogP contribution in [0.4, 0.5) is 11.4 Å². The van der Waals surface area contributed by atoms with Crippen molar-refractivity contribution >= 4 is 28.8 Å². The number of anilines is 2.